The highest BCUT2D eigenvalue weighted by molar-refractivity contribution is 6.42. The van der Waals surface area contributed by atoms with Gasteiger partial charge in [-0.2, -0.15) is 0 Å². The van der Waals surface area contributed by atoms with E-state index in [1.807, 2.05) is 0 Å². The molecule has 0 unspecified atom stereocenters. The van der Waals surface area contributed by atoms with E-state index in [1.54, 1.807) is 0 Å². The second-order valence-corrected chi connectivity index (χ2v) is 3.91. The van der Waals surface area contributed by atoms with Crippen LogP contribution >= 0.6 is 0 Å². The molecule has 100 valence electrons. The number of aromatic nitrogens is 1. The number of alkyl halides is 1. The number of fused-ring (bicyclic) bond motifs is 1. The molecule has 0 bridgehead atoms. The lowest BCUT2D eigenvalue weighted by Gasteiger charge is -2.00. The van der Waals surface area contributed by atoms with Crippen molar-refractivity contribution in [3.8, 4) is 0 Å². The Labute approximate surface area is 107 Å². The summed E-state index contributed by atoms with van der Waals surface area (Å²) in [6.45, 7) is -0.608. The Morgan fingerprint density at radius 1 is 1.37 bits per heavy atom. The van der Waals surface area contributed by atoms with Gasteiger partial charge >= 0.3 is 5.97 Å². The maximum atomic E-state index is 13.2. The van der Waals surface area contributed by atoms with Crippen LogP contribution in [-0.4, -0.2) is 30.1 Å². The number of methoxy groups -OCH3 is 1. The minimum atomic E-state index is -1.04. The van der Waals surface area contributed by atoms with E-state index in [9.17, 15) is 18.4 Å². The molecule has 0 saturated heterocycles. The molecule has 2 rings (SSSR count). The highest BCUT2D eigenvalue weighted by Gasteiger charge is 2.22. The lowest BCUT2D eigenvalue weighted by atomic mass is 10.1. The number of aryl methyl sites for hydroxylation is 1. The molecule has 19 heavy (non-hydrogen) atoms. The number of hydrogen-bond acceptors (Lipinski definition) is 3. The van der Waals surface area contributed by atoms with Gasteiger partial charge in [-0.25, -0.2) is 13.6 Å². The fraction of sp³-hybridized carbons (Fsp3) is 0.231. The third kappa shape index (κ3) is 2.33. The van der Waals surface area contributed by atoms with E-state index in [1.165, 1.54) is 22.9 Å². The minimum Gasteiger partial charge on any atom is -0.463 e. The number of halogens is 2. The number of benzene rings is 1. The molecule has 0 aliphatic rings. The lowest BCUT2D eigenvalue weighted by molar-refractivity contribution is -0.135. The molecule has 0 fully saturated rings. The first kappa shape index (κ1) is 13.2. The summed E-state index contributed by atoms with van der Waals surface area (Å²) in [6.07, 6.45) is 1.34. The average molecular weight is 267 g/mol. The summed E-state index contributed by atoms with van der Waals surface area (Å²) in [5.74, 6) is -2.45. The monoisotopic (exact) mass is 267 g/mol. The van der Waals surface area contributed by atoms with Gasteiger partial charge in [-0.3, -0.25) is 4.79 Å². The summed E-state index contributed by atoms with van der Waals surface area (Å²) in [7, 11) is 1.08. The minimum absolute atomic E-state index is 0.00907. The number of hydrogen-bond donors (Lipinski definition) is 0. The molecule has 1 aromatic carbocycles. The third-order valence-corrected chi connectivity index (χ3v) is 2.78. The zero-order chi connectivity index (χ0) is 14.0. The van der Waals surface area contributed by atoms with Gasteiger partial charge in [0.25, 0.3) is 5.78 Å². The van der Waals surface area contributed by atoms with Crippen LogP contribution in [0.5, 0.6) is 0 Å². The van der Waals surface area contributed by atoms with Crippen LogP contribution < -0.4 is 0 Å². The predicted octanol–water partition coefficient (Wildman–Crippen LogP) is 2.11. The first-order chi connectivity index (χ1) is 9.08. The lowest BCUT2D eigenvalue weighted by Crippen LogP contribution is -2.15. The Bertz CT molecular complexity index is 649. The van der Waals surface area contributed by atoms with Crippen molar-refractivity contribution in [2.24, 2.45) is 0 Å². The van der Waals surface area contributed by atoms with Crippen molar-refractivity contribution >= 4 is 22.7 Å². The van der Waals surface area contributed by atoms with Gasteiger partial charge in [0, 0.05) is 17.1 Å². The predicted molar refractivity (Wildman–Crippen MR) is 64.2 cm³/mol. The van der Waals surface area contributed by atoms with Crippen LogP contribution in [0.1, 0.15) is 10.4 Å². The standard InChI is InChI=1S/C13H11F2NO3/c1-19-13(18)12(17)10-7-16(5-4-14)11-3-2-8(15)6-9(10)11/h2-3,6-7H,4-5H2,1H3. The Morgan fingerprint density at radius 3 is 2.74 bits per heavy atom. The summed E-state index contributed by atoms with van der Waals surface area (Å²) in [5, 5.41) is 0.267. The molecule has 0 aliphatic carbocycles. The highest BCUT2D eigenvalue weighted by Crippen LogP contribution is 2.23. The van der Waals surface area contributed by atoms with E-state index in [0.29, 0.717) is 5.52 Å². The van der Waals surface area contributed by atoms with Gasteiger partial charge in [-0.05, 0) is 18.2 Å². The van der Waals surface area contributed by atoms with Crippen LogP contribution in [0.4, 0.5) is 8.78 Å². The second kappa shape index (κ2) is 5.17. The number of carbonyl (C=O) groups is 2. The van der Waals surface area contributed by atoms with E-state index in [2.05, 4.69) is 4.74 Å². The smallest absolute Gasteiger partial charge is 0.379 e. The van der Waals surface area contributed by atoms with E-state index in [-0.39, 0.29) is 17.5 Å². The van der Waals surface area contributed by atoms with Gasteiger partial charge in [0.1, 0.15) is 12.5 Å². The van der Waals surface area contributed by atoms with Gasteiger partial charge in [0.05, 0.1) is 19.2 Å². The molecular formula is C13H11F2NO3. The zero-order valence-corrected chi connectivity index (χ0v) is 10.2. The number of ether oxygens (including phenoxy) is 1. The first-order valence-electron chi connectivity index (χ1n) is 5.55. The maximum Gasteiger partial charge on any atom is 0.379 e. The topological polar surface area (TPSA) is 48.3 Å². The van der Waals surface area contributed by atoms with Crippen LogP contribution in [0.2, 0.25) is 0 Å². The Balaban J connectivity index is 2.63. The molecule has 0 saturated carbocycles. The summed E-state index contributed by atoms with van der Waals surface area (Å²) < 4.78 is 31.5. The molecular weight excluding hydrogens is 256 g/mol. The van der Waals surface area contributed by atoms with E-state index >= 15 is 0 Å². The molecule has 1 aromatic heterocycles. The summed E-state index contributed by atoms with van der Waals surface area (Å²) in [5.41, 5.74) is 0.501. The van der Waals surface area contributed by atoms with Gasteiger partial charge in [-0.15, -0.1) is 0 Å². The molecule has 0 N–H and O–H groups in total. The normalized spacial score (nSPS) is 10.7. The van der Waals surface area contributed by atoms with Crippen LogP contribution in [0.3, 0.4) is 0 Å². The molecule has 0 amide bonds. The zero-order valence-electron chi connectivity index (χ0n) is 10.2. The van der Waals surface area contributed by atoms with Crippen molar-refractivity contribution in [1.82, 2.24) is 4.57 Å². The Morgan fingerprint density at radius 2 is 2.11 bits per heavy atom. The quantitative estimate of drug-likeness (QED) is 0.484. The molecule has 2 aromatic rings. The molecule has 6 heteroatoms. The molecule has 1 heterocycles. The van der Waals surface area contributed by atoms with E-state index < -0.39 is 24.2 Å². The fourth-order valence-corrected chi connectivity index (χ4v) is 1.93. The number of Topliss-reactive ketones (excluding diaryl/α,β-unsaturated/α-hetero) is 1. The van der Waals surface area contributed by atoms with Crippen molar-refractivity contribution in [3.63, 3.8) is 0 Å². The first-order valence-corrected chi connectivity index (χ1v) is 5.55. The van der Waals surface area contributed by atoms with Gasteiger partial charge in [-0.1, -0.05) is 0 Å². The number of rotatable bonds is 4. The van der Waals surface area contributed by atoms with E-state index in [0.717, 1.165) is 13.2 Å². The molecule has 4 nitrogen and oxygen atoms in total. The van der Waals surface area contributed by atoms with Crippen molar-refractivity contribution in [1.29, 1.82) is 0 Å². The SMILES string of the molecule is COC(=O)C(=O)c1cn(CCF)c2ccc(F)cc12. The van der Waals surface area contributed by atoms with Crippen LogP contribution in [0, 0.1) is 5.82 Å². The second-order valence-electron chi connectivity index (χ2n) is 3.91. The Hall–Kier alpha value is -2.24. The van der Waals surface area contributed by atoms with Crippen LogP contribution in [0.25, 0.3) is 10.9 Å². The van der Waals surface area contributed by atoms with Crippen molar-refractivity contribution in [2.75, 3.05) is 13.8 Å². The van der Waals surface area contributed by atoms with Crippen molar-refractivity contribution < 1.29 is 23.1 Å². The summed E-state index contributed by atoms with van der Waals surface area (Å²) in [4.78, 5) is 23.1. The number of esters is 1. The average Bonchev–Trinajstić information content (AvgIpc) is 2.75. The van der Waals surface area contributed by atoms with Crippen molar-refractivity contribution in [2.45, 2.75) is 6.54 Å². The third-order valence-electron chi connectivity index (χ3n) is 2.78. The van der Waals surface area contributed by atoms with Gasteiger partial charge in [0.2, 0.25) is 0 Å². The van der Waals surface area contributed by atoms with Crippen LogP contribution in [-0.2, 0) is 16.1 Å². The van der Waals surface area contributed by atoms with E-state index in [4.69, 9.17) is 0 Å². The summed E-state index contributed by atoms with van der Waals surface area (Å²) >= 11 is 0. The largest absolute Gasteiger partial charge is 0.463 e. The molecule has 0 atom stereocenters. The Kier molecular flexibility index (Phi) is 3.59. The number of carbonyl (C=O) groups excluding carboxylic acids is 2. The molecule has 0 spiro atoms. The van der Waals surface area contributed by atoms with Crippen molar-refractivity contribution in [3.05, 3.63) is 35.8 Å². The van der Waals surface area contributed by atoms with Gasteiger partial charge < -0.3 is 9.30 Å². The van der Waals surface area contributed by atoms with Crippen LogP contribution in [0.15, 0.2) is 24.4 Å². The molecule has 0 aliphatic heterocycles. The maximum absolute atomic E-state index is 13.2. The van der Waals surface area contributed by atoms with Gasteiger partial charge in [0.15, 0.2) is 0 Å². The summed E-state index contributed by atoms with van der Waals surface area (Å²) in [6, 6.07) is 3.79. The molecule has 0 radical (unpaired) electrons. The number of ketones is 1. The fourth-order valence-electron chi connectivity index (χ4n) is 1.93. The highest BCUT2D eigenvalue weighted by atomic mass is 19.1. The number of nitrogens with zero attached hydrogens (tertiary/aromatic N) is 1.